The molecule has 13 rings (SSSR count). The van der Waals surface area contributed by atoms with Crippen molar-refractivity contribution >= 4 is 76.1 Å². The van der Waals surface area contributed by atoms with Gasteiger partial charge in [0.2, 0.25) is 5.95 Å². The van der Waals surface area contributed by atoms with Crippen LogP contribution in [0.4, 0.5) is 0 Å². The quantitative estimate of drug-likeness (QED) is 0.174. The molecule has 0 fully saturated rings. The molecular formula is C58H36N4. The van der Waals surface area contributed by atoms with Crippen LogP contribution < -0.4 is 0 Å². The second-order valence-corrected chi connectivity index (χ2v) is 16.2. The van der Waals surface area contributed by atoms with Gasteiger partial charge in [-0.3, -0.25) is 4.57 Å². The van der Waals surface area contributed by atoms with Crippen molar-refractivity contribution in [2.24, 2.45) is 0 Å². The molecule has 0 saturated heterocycles. The minimum absolute atomic E-state index is 0.644. The fourth-order valence-electron chi connectivity index (χ4n) is 9.85. The summed E-state index contributed by atoms with van der Waals surface area (Å²) in [6.07, 6.45) is 0. The van der Waals surface area contributed by atoms with Gasteiger partial charge in [-0.15, -0.1) is 0 Å². The number of rotatable bonds is 5. The maximum absolute atomic E-state index is 5.47. The van der Waals surface area contributed by atoms with Crippen molar-refractivity contribution in [3.8, 4) is 45.1 Å². The average molecular weight is 789 g/mol. The van der Waals surface area contributed by atoms with Gasteiger partial charge in [0.05, 0.1) is 33.3 Å². The van der Waals surface area contributed by atoms with Crippen LogP contribution in [0.2, 0.25) is 0 Å². The largest absolute Gasteiger partial charge is 0.309 e. The van der Waals surface area contributed by atoms with Crippen molar-refractivity contribution in [3.05, 3.63) is 218 Å². The van der Waals surface area contributed by atoms with E-state index in [-0.39, 0.29) is 0 Å². The number of hydrogen-bond donors (Lipinski definition) is 0. The zero-order chi connectivity index (χ0) is 40.7. The summed E-state index contributed by atoms with van der Waals surface area (Å²) in [5.41, 5.74) is 13.2. The highest BCUT2D eigenvalue weighted by Gasteiger charge is 2.21. The fraction of sp³-hybridized carbons (Fsp3) is 0. The Kier molecular flexibility index (Phi) is 7.57. The van der Waals surface area contributed by atoms with Crippen LogP contribution in [0, 0.1) is 0 Å². The lowest BCUT2D eigenvalue weighted by Gasteiger charge is -2.14. The van der Waals surface area contributed by atoms with Gasteiger partial charge in [0.25, 0.3) is 0 Å². The van der Waals surface area contributed by atoms with E-state index in [0.717, 1.165) is 55.2 Å². The van der Waals surface area contributed by atoms with Gasteiger partial charge >= 0.3 is 0 Å². The summed E-state index contributed by atoms with van der Waals surface area (Å²) in [4.78, 5) is 10.8. The number of aromatic nitrogens is 4. The number of benzene rings is 10. The van der Waals surface area contributed by atoms with E-state index in [2.05, 4.69) is 228 Å². The summed E-state index contributed by atoms with van der Waals surface area (Å²) < 4.78 is 4.67. The third-order valence-electron chi connectivity index (χ3n) is 12.7. The predicted molar refractivity (Wildman–Crippen MR) is 260 cm³/mol. The summed E-state index contributed by atoms with van der Waals surface area (Å²) in [5.74, 6) is 0.644. The Hall–Kier alpha value is -8.34. The van der Waals surface area contributed by atoms with Crippen molar-refractivity contribution in [2.45, 2.75) is 0 Å². The van der Waals surface area contributed by atoms with E-state index in [1.807, 2.05) is 0 Å². The van der Waals surface area contributed by atoms with Gasteiger partial charge in [-0.2, -0.15) is 0 Å². The summed E-state index contributed by atoms with van der Waals surface area (Å²) in [5, 5.41) is 10.8. The highest BCUT2D eigenvalue weighted by atomic mass is 15.2. The Morgan fingerprint density at radius 1 is 0.306 bits per heavy atom. The van der Waals surface area contributed by atoms with Crippen LogP contribution in [-0.4, -0.2) is 19.1 Å². The number of hydrogen-bond acceptors (Lipinski definition) is 2. The van der Waals surface area contributed by atoms with E-state index < -0.39 is 0 Å². The molecule has 0 radical (unpaired) electrons. The van der Waals surface area contributed by atoms with Crippen LogP contribution in [0.15, 0.2) is 218 Å². The first-order chi connectivity index (χ1) is 30.7. The van der Waals surface area contributed by atoms with Crippen LogP contribution in [-0.2, 0) is 0 Å². The van der Waals surface area contributed by atoms with E-state index in [4.69, 9.17) is 9.97 Å². The predicted octanol–water partition coefficient (Wildman–Crippen LogP) is 15.1. The molecule has 0 atom stereocenters. The van der Waals surface area contributed by atoms with Gasteiger partial charge in [0.15, 0.2) is 0 Å². The lowest BCUT2D eigenvalue weighted by Crippen LogP contribution is -2.03. The molecule has 0 aliphatic heterocycles. The Labute approximate surface area is 357 Å². The maximum atomic E-state index is 5.47. The van der Waals surface area contributed by atoms with Crippen molar-refractivity contribution in [1.82, 2.24) is 19.1 Å². The van der Waals surface area contributed by atoms with Crippen molar-refractivity contribution < 1.29 is 0 Å². The molecule has 0 unspecified atom stereocenters. The van der Waals surface area contributed by atoms with Crippen LogP contribution in [0.25, 0.3) is 121 Å². The summed E-state index contributed by atoms with van der Waals surface area (Å²) >= 11 is 0. The number of para-hydroxylation sites is 4. The molecule has 288 valence electrons. The van der Waals surface area contributed by atoms with Crippen LogP contribution in [0.5, 0.6) is 0 Å². The molecule has 0 spiro atoms. The molecule has 0 aliphatic rings. The first-order valence-corrected chi connectivity index (χ1v) is 21.2. The standard InChI is InChI=1S/C58H36N4/c1-2-16-43(17-3-1)61-53-25-13-10-22-49(53)56-47-20-7-6-18-44(47)50(36-55(56)61)42-32-33-46-45-19-9-12-24-52(45)62(54(46)35-42)58-59-51-23-11-8-21-48(51)57(60-58)39-29-26-38(27-30-39)41-31-28-37-14-4-5-15-40(37)34-41/h1-36H. The molecule has 4 heteroatoms. The molecule has 0 saturated carbocycles. The van der Waals surface area contributed by atoms with Crippen LogP contribution >= 0.6 is 0 Å². The van der Waals surface area contributed by atoms with E-state index in [9.17, 15) is 0 Å². The molecule has 13 aromatic rings. The number of nitrogens with zero attached hydrogens (tertiary/aromatic N) is 4. The molecule has 0 N–H and O–H groups in total. The molecule has 4 nitrogen and oxygen atoms in total. The highest BCUT2D eigenvalue weighted by Crippen LogP contribution is 2.43. The first-order valence-electron chi connectivity index (χ1n) is 21.2. The van der Waals surface area contributed by atoms with Gasteiger partial charge in [-0.1, -0.05) is 170 Å². The van der Waals surface area contributed by atoms with Crippen LogP contribution in [0.3, 0.4) is 0 Å². The Morgan fingerprint density at radius 2 is 0.903 bits per heavy atom. The lowest BCUT2D eigenvalue weighted by atomic mass is 9.94. The van der Waals surface area contributed by atoms with E-state index in [0.29, 0.717) is 5.95 Å². The smallest absolute Gasteiger partial charge is 0.235 e. The first kappa shape index (κ1) is 34.5. The van der Waals surface area contributed by atoms with E-state index in [1.165, 1.54) is 60.0 Å². The van der Waals surface area contributed by atoms with E-state index in [1.54, 1.807) is 0 Å². The van der Waals surface area contributed by atoms with Gasteiger partial charge in [-0.25, -0.2) is 9.97 Å². The normalized spacial score (nSPS) is 11.9. The second kappa shape index (κ2) is 13.6. The highest BCUT2D eigenvalue weighted by molar-refractivity contribution is 6.24. The van der Waals surface area contributed by atoms with Crippen molar-refractivity contribution in [1.29, 1.82) is 0 Å². The van der Waals surface area contributed by atoms with E-state index >= 15 is 0 Å². The third kappa shape index (κ3) is 5.27. The van der Waals surface area contributed by atoms with Gasteiger partial charge < -0.3 is 4.57 Å². The zero-order valence-corrected chi connectivity index (χ0v) is 33.6. The Bertz CT molecular complexity index is 3910. The fourth-order valence-corrected chi connectivity index (χ4v) is 9.85. The summed E-state index contributed by atoms with van der Waals surface area (Å²) in [6, 6.07) is 78.6. The monoisotopic (exact) mass is 788 g/mol. The number of fused-ring (bicyclic) bond motifs is 10. The topological polar surface area (TPSA) is 35.6 Å². The molecule has 62 heavy (non-hydrogen) atoms. The second-order valence-electron chi connectivity index (χ2n) is 16.2. The Balaban J connectivity index is 1.02. The lowest BCUT2D eigenvalue weighted by molar-refractivity contribution is 1.01. The van der Waals surface area contributed by atoms with Gasteiger partial charge in [-0.05, 0) is 92.3 Å². The zero-order valence-electron chi connectivity index (χ0n) is 33.6. The van der Waals surface area contributed by atoms with Crippen LogP contribution in [0.1, 0.15) is 0 Å². The molecule has 3 heterocycles. The van der Waals surface area contributed by atoms with Crippen molar-refractivity contribution in [3.63, 3.8) is 0 Å². The average Bonchev–Trinajstić information content (AvgIpc) is 3.86. The molecule has 0 bridgehead atoms. The van der Waals surface area contributed by atoms with Crippen molar-refractivity contribution in [2.75, 3.05) is 0 Å². The maximum Gasteiger partial charge on any atom is 0.235 e. The SMILES string of the molecule is c1ccc(-n2c3ccccc3c3c4ccccc4c(-c4ccc5c6ccccc6n(-c6nc(-c7ccc(-c8ccc9ccccc9c8)cc7)c7ccccc7n6)c5c4)cc32)cc1. The summed E-state index contributed by atoms with van der Waals surface area (Å²) in [7, 11) is 0. The van der Waals surface area contributed by atoms with Gasteiger partial charge in [0, 0.05) is 38.2 Å². The minimum Gasteiger partial charge on any atom is -0.309 e. The minimum atomic E-state index is 0.644. The van der Waals surface area contributed by atoms with Gasteiger partial charge in [0.1, 0.15) is 0 Å². The molecule has 0 aliphatic carbocycles. The summed E-state index contributed by atoms with van der Waals surface area (Å²) in [6.45, 7) is 0. The molecule has 3 aromatic heterocycles. The molecule has 10 aromatic carbocycles. The molecule has 0 amide bonds. The third-order valence-corrected chi connectivity index (χ3v) is 12.7. The Morgan fingerprint density at radius 3 is 1.73 bits per heavy atom. The molecular weight excluding hydrogens is 753 g/mol.